The predicted molar refractivity (Wildman–Crippen MR) is 96.8 cm³/mol. The first-order valence-corrected chi connectivity index (χ1v) is 9.11. The summed E-state index contributed by atoms with van der Waals surface area (Å²) in [6.45, 7) is 2.69. The molecule has 140 valence electrons. The molecule has 0 aromatic heterocycles. The fraction of sp³-hybridized carbons (Fsp3) is 0.789. The van der Waals surface area contributed by atoms with Crippen molar-refractivity contribution in [3.63, 3.8) is 0 Å². The number of unbranched alkanes of at least 4 members (excludes halogenated alkanes) is 5. The maximum absolute atomic E-state index is 11.9. The van der Waals surface area contributed by atoms with Crippen LogP contribution in [0.5, 0.6) is 0 Å². The molecule has 24 heavy (non-hydrogen) atoms. The van der Waals surface area contributed by atoms with Crippen LogP contribution in [-0.4, -0.2) is 55.3 Å². The number of quaternary nitrogens is 1. The van der Waals surface area contributed by atoms with Crippen LogP contribution in [-0.2, 0) is 14.3 Å². The highest BCUT2D eigenvalue weighted by Crippen LogP contribution is 2.10. The highest BCUT2D eigenvalue weighted by Gasteiger charge is 2.24. The Hall–Kier alpha value is -1.36. The van der Waals surface area contributed by atoms with Gasteiger partial charge < -0.3 is 14.3 Å². The molecule has 0 aromatic rings. The second kappa shape index (κ2) is 13.0. The van der Waals surface area contributed by atoms with E-state index in [2.05, 4.69) is 19.1 Å². The van der Waals surface area contributed by atoms with Crippen molar-refractivity contribution < 1.29 is 23.9 Å². The summed E-state index contributed by atoms with van der Waals surface area (Å²) in [4.78, 5) is 22.8. The Morgan fingerprint density at radius 3 is 2.21 bits per heavy atom. The van der Waals surface area contributed by atoms with Crippen molar-refractivity contribution in [2.24, 2.45) is 0 Å². The zero-order chi connectivity index (χ0) is 18.4. The first-order valence-electron chi connectivity index (χ1n) is 9.11. The van der Waals surface area contributed by atoms with E-state index >= 15 is 0 Å². The highest BCUT2D eigenvalue weighted by atomic mass is 16.5. The van der Waals surface area contributed by atoms with Gasteiger partial charge in [-0.25, -0.2) is 0 Å². The molecule has 0 spiro atoms. The van der Waals surface area contributed by atoms with Crippen LogP contribution in [0.4, 0.5) is 0 Å². The average molecular weight is 343 g/mol. The standard InChI is InChI=1S/C19H35NO4/c1-5-6-7-8-9-10-11-12-13-14-19(23)24-17(15-18(21)22)16-20(2,3)4/h8-9,17H,5-7,10-16H2,1-4H3/p+1/b9-8+. The number of ether oxygens (including phenoxy) is 1. The van der Waals surface area contributed by atoms with Gasteiger partial charge in [0.15, 0.2) is 6.10 Å². The molecule has 0 saturated carbocycles. The SMILES string of the molecule is CCCC/C=C/CCCCCC(=O)OC(CC(=O)O)C[N+](C)(C)C. The number of carboxylic acids is 1. The number of hydrogen-bond donors (Lipinski definition) is 1. The highest BCUT2D eigenvalue weighted by molar-refractivity contribution is 5.71. The number of carbonyl (C=O) groups excluding carboxylic acids is 1. The minimum Gasteiger partial charge on any atom is -0.481 e. The van der Waals surface area contributed by atoms with Crippen molar-refractivity contribution in [2.75, 3.05) is 27.7 Å². The number of aliphatic carboxylic acids is 1. The van der Waals surface area contributed by atoms with E-state index in [-0.39, 0.29) is 12.4 Å². The van der Waals surface area contributed by atoms with Gasteiger partial charge in [0.2, 0.25) is 0 Å². The van der Waals surface area contributed by atoms with E-state index < -0.39 is 12.1 Å². The molecular formula is C19H36NO4+. The normalized spacial score (nSPS) is 13.2. The molecule has 0 aromatic carbocycles. The maximum Gasteiger partial charge on any atom is 0.307 e. The molecule has 1 atom stereocenters. The second-order valence-corrected chi connectivity index (χ2v) is 7.40. The Balaban J connectivity index is 3.91. The van der Waals surface area contributed by atoms with Crippen molar-refractivity contribution in [3.8, 4) is 0 Å². The van der Waals surface area contributed by atoms with E-state index in [1.165, 1.54) is 12.8 Å². The van der Waals surface area contributed by atoms with Gasteiger partial charge in [0.25, 0.3) is 0 Å². The topological polar surface area (TPSA) is 63.6 Å². The van der Waals surface area contributed by atoms with Gasteiger partial charge in [-0.15, -0.1) is 0 Å². The number of esters is 1. The minimum atomic E-state index is -0.934. The lowest BCUT2D eigenvalue weighted by Crippen LogP contribution is -2.43. The summed E-state index contributed by atoms with van der Waals surface area (Å²) in [7, 11) is 5.87. The fourth-order valence-electron chi connectivity index (χ4n) is 2.46. The van der Waals surface area contributed by atoms with E-state index in [4.69, 9.17) is 9.84 Å². The lowest BCUT2D eigenvalue weighted by atomic mass is 10.1. The van der Waals surface area contributed by atoms with Gasteiger partial charge >= 0.3 is 11.9 Å². The number of carbonyl (C=O) groups is 2. The van der Waals surface area contributed by atoms with Crippen LogP contribution in [0.2, 0.25) is 0 Å². The number of carboxylic acid groups (broad SMARTS) is 1. The summed E-state index contributed by atoms with van der Waals surface area (Å²) in [5, 5.41) is 8.94. The molecule has 0 aliphatic carbocycles. The van der Waals surface area contributed by atoms with Gasteiger partial charge in [0, 0.05) is 6.42 Å². The summed E-state index contributed by atoms with van der Waals surface area (Å²) in [5.41, 5.74) is 0. The molecular weight excluding hydrogens is 306 g/mol. The van der Waals surface area contributed by atoms with Gasteiger partial charge in [-0.05, 0) is 25.7 Å². The second-order valence-electron chi connectivity index (χ2n) is 7.40. The van der Waals surface area contributed by atoms with Crippen LogP contribution < -0.4 is 0 Å². The molecule has 0 fully saturated rings. The van der Waals surface area contributed by atoms with Gasteiger partial charge in [0.1, 0.15) is 6.54 Å². The molecule has 0 bridgehead atoms. The van der Waals surface area contributed by atoms with Crippen molar-refractivity contribution in [2.45, 2.75) is 70.8 Å². The van der Waals surface area contributed by atoms with E-state index in [9.17, 15) is 9.59 Å². The molecule has 5 nitrogen and oxygen atoms in total. The summed E-state index contributed by atoms with van der Waals surface area (Å²) in [6.07, 6.45) is 11.7. The summed E-state index contributed by atoms with van der Waals surface area (Å²) in [5.74, 6) is -1.22. The predicted octanol–water partition coefficient (Wildman–Crippen LogP) is 3.78. The Morgan fingerprint density at radius 1 is 1.04 bits per heavy atom. The number of likely N-dealkylation sites (N-methyl/N-ethyl adjacent to an activating group) is 1. The monoisotopic (exact) mass is 342 g/mol. The molecule has 0 amide bonds. The van der Waals surface area contributed by atoms with Gasteiger partial charge in [-0.2, -0.15) is 0 Å². The Morgan fingerprint density at radius 2 is 1.67 bits per heavy atom. The number of hydrogen-bond acceptors (Lipinski definition) is 3. The summed E-state index contributed by atoms with van der Waals surface area (Å²) < 4.78 is 5.93. The van der Waals surface area contributed by atoms with Gasteiger partial charge in [-0.3, -0.25) is 9.59 Å². The molecule has 1 unspecified atom stereocenters. The third-order valence-electron chi connectivity index (χ3n) is 3.59. The molecule has 0 aliphatic rings. The summed E-state index contributed by atoms with van der Waals surface area (Å²) in [6, 6.07) is 0. The number of allylic oxidation sites excluding steroid dienone is 2. The van der Waals surface area contributed by atoms with Crippen molar-refractivity contribution >= 4 is 11.9 Å². The Bertz CT molecular complexity index is 385. The van der Waals surface area contributed by atoms with Gasteiger partial charge in [0.05, 0.1) is 27.6 Å². The first-order chi connectivity index (χ1) is 11.2. The molecule has 1 N–H and O–H groups in total. The molecule has 0 heterocycles. The fourth-order valence-corrected chi connectivity index (χ4v) is 2.46. The van der Waals surface area contributed by atoms with Crippen molar-refractivity contribution in [1.82, 2.24) is 0 Å². The number of rotatable bonds is 14. The minimum absolute atomic E-state index is 0.135. The molecule has 0 saturated heterocycles. The average Bonchev–Trinajstić information content (AvgIpc) is 2.42. The largest absolute Gasteiger partial charge is 0.481 e. The Kier molecular flexibility index (Phi) is 12.3. The van der Waals surface area contributed by atoms with Crippen LogP contribution in [0.1, 0.15) is 64.7 Å². The molecule has 0 rings (SSSR count). The zero-order valence-electron chi connectivity index (χ0n) is 15.9. The van der Waals surface area contributed by atoms with Crippen molar-refractivity contribution in [1.29, 1.82) is 0 Å². The van der Waals surface area contributed by atoms with Crippen LogP contribution in [0.3, 0.4) is 0 Å². The zero-order valence-corrected chi connectivity index (χ0v) is 15.9. The maximum atomic E-state index is 11.9. The quantitative estimate of drug-likeness (QED) is 0.226. The molecule has 0 radical (unpaired) electrons. The molecule has 5 heteroatoms. The van der Waals surface area contributed by atoms with E-state index in [1.807, 2.05) is 21.1 Å². The smallest absolute Gasteiger partial charge is 0.307 e. The van der Waals surface area contributed by atoms with Crippen LogP contribution in [0.15, 0.2) is 12.2 Å². The lowest BCUT2D eigenvalue weighted by molar-refractivity contribution is -0.873. The first kappa shape index (κ1) is 22.6. The van der Waals surface area contributed by atoms with Crippen LogP contribution in [0, 0.1) is 0 Å². The molecule has 0 aliphatic heterocycles. The van der Waals surface area contributed by atoms with Gasteiger partial charge in [-0.1, -0.05) is 38.3 Å². The lowest BCUT2D eigenvalue weighted by Gasteiger charge is -2.28. The van der Waals surface area contributed by atoms with E-state index in [1.54, 1.807) is 0 Å². The van der Waals surface area contributed by atoms with Crippen LogP contribution in [0.25, 0.3) is 0 Å². The van der Waals surface area contributed by atoms with Crippen LogP contribution >= 0.6 is 0 Å². The third kappa shape index (κ3) is 15.5. The van der Waals surface area contributed by atoms with E-state index in [0.717, 1.165) is 32.1 Å². The third-order valence-corrected chi connectivity index (χ3v) is 3.59. The summed E-state index contributed by atoms with van der Waals surface area (Å²) >= 11 is 0. The van der Waals surface area contributed by atoms with E-state index in [0.29, 0.717) is 17.4 Å². The number of nitrogens with zero attached hydrogens (tertiary/aromatic N) is 1. The van der Waals surface area contributed by atoms with Crippen molar-refractivity contribution in [3.05, 3.63) is 12.2 Å². The Labute approximate surface area is 147 Å².